The van der Waals surface area contributed by atoms with Gasteiger partial charge in [-0.1, -0.05) is 0 Å². The summed E-state index contributed by atoms with van der Waals surface area (Å²) in [6.45, 7) is 4.37. The van der Waals surface area contributed by atoms with Crippen molar-refractivity contribution in [1.29, 1.82) is 0 Å². The summed E-state index contributed by atoms with van der Waals surface area (Å²) in [6, 6.07) is 0. The van der Waals surface area contributed by atoms with Crippen LogP contribution >= 0.6 is 0 Å². The summed E-state index contributed by atoms with van der Waals surface area (Å²) in [5.74, 6) is 0.324. The van der Waals surface area contributed by atoms with Gasteiger partial charge in [0, 0.05) is 13.1 Å². The van der Waals surface area contributed by atoms with Gasteiger partial charge in [0.05, 0.1) is 27.1 Å². The Morgan fingerprint density at radius 1 is 1.00 bits per heavy atom. The molecular weight excluding hydrogens is 272 g/mol. The van der Waals surface area contributed by atoms with Crippen LogP contribution < -0.4 is 5.32 Å². The summed E-state index contributed by atoms with van der Waals surface area (Å²) >= 11 is 0. The maximum Gasteiger partial charge on any atom is 0.306 e. The second-order valence-electron chi connectivity index (χ2n) is 5.48. The van der Waals surface area contributed by atoms with E-state index in [1.165, 1.54) is 27.1 Å². The van der Waals surface area contributed by atoms with Crippen molar-refractivity contribution in [1.82, 2.24) is 10.2 Å². The van der Waals surface area contributed by atoms with E-state index in [9.17, 15) is 9.59 Å². The number of rotatable bonds is 9. The van der Waals surface area contributed by atoms with Gasteiger partial charge < -0.3 is 19.7 Å². The summed E-state index contributed by atoms with van der Waals surface area (Å²) in [4.78, 5) is 24.7. The lowest BCUT2D eigenvalue weighted by atomic mass is 9.94. The first-order chi connectivity index (χ1) is 10.2. The van der Waals surface area contributed by atoms with Crippen LogP contribution in [0.3, 0.4) is 0 Å². The summed E-state index contributed by atoms with van der Waals surface area (Å²) < 4.78 is 9.35. The Kier molecular flexibility index (Phi) is 9.01. The standard InChI is InChI=1S/C15H28N2O4/c1-20-14(18)6-11-17(12-7-15(19)21-2)10-5-13-3-8-16-9-4-13/h13,16H,3-12H2,1-2H3. The molecule has 1 aliphatic heterocycles. The molecule has 1 aliphatic rings. The molecule has 0 aromatic rings. The zero-order valence-electron chi connectivity index (χ0n) is 13.2. The topological polar surface area (TPSA) is 67.9 Å². The van der Waals surface area contributed by atoms with Crippen LogP contribution in [0.5, 0.6) is 0 Å². The second-order valence-corrected chi connectivity index (χ2v) is 5.48. The molecule has 0 radical (unpaired) electrons. The van der Waals surface area contributed by atoms with Crippen molar-refractivity contribution in [2.75, 3.05) is 46.9 Å². The molecule has 6 heteroatoms. The van der Waals surface area contributed by atoms with Gasteiger partial charge in [-0.15, -0.1) is 0 Å². The van der Waals surface area contributed by atoms with E-state index < -0.39 is 0 Å². The van der Waals surface area contributed by atoms with Gasteiger partial charge in [0.1, 0.15) is 0 Å². The number of nitrogens with one attached hydrogen (secondary N) is 1. The van der Waals surface area contributed by atoms with Crippen molar-refractivity contribution >= 4 is 11.9 Å². The molecule has 122 valence electrons. The number of esters is 2. The number of hydrogen-bond acceptors (Lipinski definition) is 6. The first-order valence-electron chi connectivity index (χ1n) is 7.72. The van der Waals surface area contributed by atoms with Gasteiger partial charge in [0.25, 0.3) is 0 Å². The molecule has 0 aliphatic carbocycles. The highest BCUT2D eigenvalue weighted by Crippen LogP contribution is 2.16. The van der Waals surface area contributed by atoms with E-state index in [1.54, 1.807) is 0 Å². The number of nitrogens with zero attached hydrogens (tertiary/aromatic N) is 1. The van der Waals surface area contributed by atoms with Crippen LogP contribution in [0.25, 0.3) is 0 Å². The SMILES string of the molecule is COC(=O)CCN(CCC(=O)OC)CCC1CCNCC1. The van der Waals surface area contributed by atoms with Gasteiger partial charge in [0.2, 0.25) is 0 Å². The number of carbonyl (C=O) groups is 2. The normalized spacial score (nSPS) is 16.0. The molecule has 1 fully saturated rings. The summed E-state index contributed by atoms with van der Waals surface area (Å²) in [6.07, 6.45) is 4.27. The number of ether oxygens (including phenoxy) is 2. The third-order valence-corrected chi connectivity index (χ3v) is 4.03. The largest absolute Gasteiger partial charge is 0.469 e. The molecule has 0 saturated carbocycles. The highest BCUT2D eigenvalue weighted by Gasteiger charge is 2.16. The van der Waals surface area contributed by atoms with Crippen molar-refractivity contribution in [3.05, 3.63) is 0 Å². The van der Waals surface area contributed by atoms with Gasteiger partial charge in [-0.25, -0.2) is 0 Å². The minimum atomic E-state index is -0.208. The molecule has 1 saturated heterocycles. The number of piperidine rings is 1. The molecule has 1 heterocycles. The first kappa shape index (κ1) is 17.9. The third-order valence-electron chi connectivity index (χ3n) is 4.03. The molecule has 21 heavy (non-hydrogen) atoms. The molecule has 6 nitrogen and oxygen atoms in total. The molecule has 1 N–H and O–H groups in total. The van der Waals surface area contributed by atoms with E-state index in [1.807, 2.05) is 0 Å². The molecule has 1 rings (SSSR count). The zero-order chi connectivity index (χ0) is 15.5. The predicted molar refractivity (Wildman–Crippen MR) is 79.9 cm³/mol. The maximum atomic E-state index is 11.3. The zero-order valence-corrected chi connectivity index (χ0v) is 13.2. The van der Waals surface area contributed by atoms with Crippen LogP contribution in [0, 0.1) is 5.92 Å². The lowest BCUT2D eigenvalue weighted by Gasteiger charge is -2.27. The van der Waals surface area contributed by atoms with Gasteiger partial charge in [-0.05, 0) is 44.8 Å². The van der Waals surface area contributed by atoms with E-state index >= 15 is 0 Å². The van der Waals surface area contributed by atoms with Gasteiger partial charge >= 0.3 is 11.9 Å². The highest BCUT2D eigenvalue weighted by atomic mass is 16.5. The molecule has 0 aromatic heterocycles. The van der Waals surface area contributed by atoms with Crippen molar-refractivity contribution < 1.29 is 19.1 Å². The maximum absolute atomic E-state index is 11.3. The predicted octanol–water partition coefficient (Wildman–Crippen LogP) is 0.804. The fraction of sp³-hybridized carbons (Fsp3) is 0.867. The Morgan fingerprint density at radius 2 is 1.52 bits per heavy atom. The van der Waals surface area contributed by atoms with Crippen molar-refractivity contribution in [3.63, 3.8) is 0 Å². The molecule has 0 spiro atoms. The van der Waals surface area contributed by atoms with E-state index in [4.69, 9.17) is 0 Å². The van der Waals surface area contributed by atoms with Gasteiger partial charge in [-0.2, -0.15) is 0 Å². The van der Waals surface area contributed by atoms with E-state index in [2.05, 4.69) is 19.7 Å². The summed E-state index contributed by atoms with van der Waals surface area (Å²) in [5.41, 5.74) is 0. The quantitative estimate of drug-likeness (QED) is 0.635. The minimum absolute atomic E-state index is 0.208. The smallest absolute Gasteiger partial charge is 0.306 e. The summed E-state index contributed by atoms with van der Waals surface area (Å²) in [5, 5.41) is 3.36. The molecule has 0 amide bonds. The Bertz CT molecular complexity index is 297. The van der Waals surface area contributed by atoms with Crippen LogP contribution in [-0.2, 0) is 19.1 Å². The third kappa shape index (κ3) is 8.02. The van der Waals surface area contributed by atoms with Crippen LogP contribution in [0.4, 0.5) is 0 Å². The Balaban J connectivity index is 2.33. The van der Waals surface area contributed by atoms with E-state index in [-0.39, 0.29) is 11.9 Å². The average Bonchev–Trinajstić information content (AvgIpc) is 2.54. The lowest BCUT2D eigenvalue weighted by molar-refractivity contribution is -0.141. The van der Waals surface area contributed by atoms with Crippen LogP contribution in [0.1, 0.15) is 32.1 Å². The Hall–Kier alpha value is -1.14. The fourth-order valence-corrected chi connectivity index (χ4v) is 2.57. The van der Waals surface area contributed by atoms with E-state index in [0.29, 0.717) is 25.9 Å². The number of hydrogen-bond donors (Lipinski definition) is 1. The monoisotopic (exact) mass is 300 g/mol. The van der Waals surface area contributed by atoms with Crippen LogP contribution in [-0.4, -0.2) is 63.8 Å². The lowest BCUT2D eigenvalue weighted by Crippen LogP contribution is -2.33. The van der Waals surface area contributed by atoms with Crippen molar-refractivity contribution in [2.45, 2.75) is 32.1 Å². The Labute approximate surface area is 127 Å². The van der Waals surface area contributed by atoms with Gasteiger partial charge in [-0.3, -0.25) is 9.59 Å². The first-order valence-corrected chi connectivity index (χ1v) is 7.72. The molecular formula is C15H28N2O4. The fourth-order valence-electron chi connectivity index (χ4n) is 2.57. The molecule has 0 unspecified atom stereocenters. The van der Waals surface area contributed by atoms with Crippen LogP contribution in [0.2, 0.25) is 0 Å². The molecule has 0 atom stereocenters. The number of methoxy groups -OCH3 is 2. The van der Waals surface area contributed by atoms with Crippen molar-refractivity contribution in [2.24, 2.45) is 5.92 Å². The summed E-state index contributed by atoms with van der Waals surface area (Å²) in [7, 11) is 2.80. The minimum Gasteiger partial charge on any atom is -0.469 e. The highest BCUT2D eigenvalue weighted by molar-refractivity contribution is 5.70. The van der Waals surface area contributed by atoms with Crippen molar-refractivity contribution in [3.8, 4) is 0 Å². The van der Waals surface area contributed by atoms with Gasteiger partial charge in [0.15, 0.2) is 0 Å². The average molecular weight is 300 g/mol. The molecule has 0 bridgehead atoms. The second kappa shape index (κ2) is 10.6. The van der Waals surface area contributed by atoms with Crippen LogP contribution in [0.15, 0.2) is 0 Å². The van der Waals surface area contributed by atoms with E-state index in [0.717, 1.165) is 32.0 Å². The molecule has 0 aromatic carbocycles. The number of carbonyl (C=O) groups excluding carboxylic acids is 2. The Morgan fingerprint density at radius 3 is 2.00 bits per heavy atom.